The summed E-state index contributed by atoms with van der Waals surface area (Å²) in [7, 11) is 0. The number of hydrogen-bond acceptors (Lipinski definition) is 2. The van der Waals surface area contributed by atoms with E-state index >= 15 is 0 Å². The van der Waals surface area contributed by atoms with E-state index in [-0.39, 0.29) is 5.39 Å². The Labute approximate surface area is 631 Å². The Balaban J connectivity index is 0.000000185. The van der Waals surface area contributed by atoms with Crippen molar-refractivity contribution in [3.05, 3.63) is 338 Å². The maximum absolute atomic E-state index is 9.96. The molecule has 0 spiro atoms. The smallest absolute Gasteiger partial charge is 0.136 e. The van der Waals surface area contributed by atoms with Gasteiger partial charge in [-0.05, 0) is 218 Å². The van der Waals surface area contributed by atoms with Crippen LogP contribution >= 0.6 is 0 Å². The van der Waals surface area contributed by atoms with Gasteiger partial charge in [0, 0.05) is 21.5 Å². The molecule has 96 heavy (non-hydrogen) atoms. The van der Waals surface area contributed by atoms with Crippen molar-refractivity contribution >= 4 is 152 Å². The zero-order chi connectivity index (χ0) is 112. The van der Waals surface area contributed by atoms with Crippen molar-refractivity contribution in [1.29, 1.82) is 0 Å². The first-order valence-corrected chi connectivity index (χ1v) is 28.6. The second-order valence-electron chi connectivity index (χ2n) is 21.3. The number of rotatable bonds is 5. The van der Waals surface area contributed by atoms with E-state index in [9.17, 15) is 31.5 Å². The van der Waals surface area contributed by atoms with Crippen molar-refractivity contribution in [2.24, 2.45) is 0 Å². The zero-order valence-corrected chi connectivity index (χ0v) is 47.8. The third-order valence-electron chi connectivity index (χ3n) is 16.1. The molecule has 0 aliphatic carbocycles. The number of hydrogen-bond donors (Lipinski definition) is 0. The van der Waals surface area contributed by atoms with E-state index in [1.807, 2.05) is 0 Å². The highest BCUT2D eigenvalue weighted by atomic mass is 16.3. The third kappa shape index (κ3) is 8.45. The monoisotopic (exact) mass is 1270 g/mol. The highest BCUT2D eigenvalue weighted by Crippen LogP contribution is 2.49. The van der Waals surface area contributed by atoms with E-state index in [0.717, 1.165) is 0 Å². The Bertz CT molecular complexity index is 10200. The van der Waals surface area contributed by atoms with Gasteiger partial charge < -0.3 is 8.83 Å². The molecule has 0 saturated heterocycles. The van der Waals surface area contributed by atoms with E-state index in [0.29, 0.717) is 0 Å². The van der Waals surface area contributed by atoms with Crippen LogP contribution in [0.2, 0.25) is 0 Å². The third-order valence-corrected chi connectivity index (χ3v) is 16.1. The molecule has 2 nitrogen and oxygen atoms in total. The van der Waals surface area contributed by atoms with Crippen LogP contribution in [0.3, 0.4) is 0 Å². The van der Waals surface area contributed by atoms with Gasteiger partial charge in [-0.1, -0.05) is 284 Å². The number of fused-ring (bicyclic) bond motifs is 20. The average molecular weight is 1270 g/mol. The van der Waals surface area contributed by atoms with Crippen molar-refractivity contribution in [3.63, 3.8) is 0 Å². The zero-order valence-electron chi connectivity index (χ0n) is 104. The van der Waals surface area contributed by atoms with Crippen LogP contribution in [0.1, 0.15) is 76.8 Å². The molecule has 0 aliphatic rings. The molecular formula is C94H56O2. The molecule has 444 valence electrons. The van der Waals surface area contributed by atoms with E-state index in [1.54, 1.807) is 0 Å². The van der Waals surface area contributed by atoms with E-state index in [2.05, 4.69) is 0 Å². The lowest BCUT2D eigenvalue weighted by molar-refractivity contribution is 0.669. The van der Waals surface area contributed by atoms with Crippen LogP contribution in [0.4, 0.5) is 0 Å². The van der Waals surface area contributed by atoms with Crippen LogP contribution in [-0.2, 0) is 0 Å². The fraction of sp³-hybridized carbons (Fsp3) is 0. The van der Waals surface area contributed by atoms with E-state index in [4.69, 9.17) is 54.1 Å². The van der Waals surface area contributed by atoms with Gasteiger partial charge in [-0.3, -0.25) is 0 Å². The molecule has 0 atom stereocenters. The van der Waals surface area contributed by atoms with Gasteiger partial charge in [-0.2, -0.15) is 0 Å². The van der Waals surface area contributed by atoms with Crippen molar-refractivity contribution in [3.8, 4) is 55.6 Å². The standard InChI is InChI=1S/C50H30O.C44H26O/c1-3-14-38-31(10-1)20-21-33-22-23-35(29-44(33)38)34-12-9-13-36(28-34)48-40-16-5-7-18-42(40)49(43-19-8-6-17-41(43)48)37-25-26-46-45(30-37)50-39-15-4-2-11-32(39)24-27-47(50)51-46;1-3-11-32-27(9-1)17-18-29-19-20-30(25-38(29)32)42-34-13-5-7-15-36(34)43(37-16-8-6-14-35(37)42)31-22-23-40-39(26-31)44-33-12-4-2-10-28(33)21-24-41(44)45-40/h1-30H;1-26H/i1D,2D,3D,4D,5D,6D,7D,8D,9D,10D,11D,12D,13D,14D,15D,16D,17D,18D,19D,20D,21D,22D,23D,24D,25D,26D,27D,28D,29D,30D;1D,2D,3D,4D,5D,6D,7D,8D,9D,10D,11D,12D,13D,14D,15D,16D,17D,18D,19D,20D,21D,22D,23D,24D,25D,26D. The summed E-state index contributed by atoms with van der Waals surface area (Å²) in [6, 6.07) is -50.8. The second-order valence-corrected chi connectivity index (χ2v) is 21.3. The molecule has 0 aliphatic heterocycles. The van der Waals surface area contributed by atoms with Crippen molar-refractivity contribution < 1.29 is 85.6 Å². The molecule has 2 aromatic heterocycles. The summed E-state index contributed by atoms with van der Waals surface area (Å²) >= 11 is 0. The summed E-state index contributed by atoms with van der Waals surface area (Å²) in [5.74, 6) is 0. The Morgan fingerprint density at radius 3 is 0.792 bits per heavy atom. The molecule has 19 aromatic carbocycles. The summed E-state index contributed by atoms with van der Waals surface area (Å²) in [6.07, 6.45) is 0. The summed E-state index contributed by atoms with van der Waals surface area (Å²) in [5.41, 5.74) is -10.4. The molecule has 0 bridgehead atoms. The molecule has 0 N–H and O–H groups in total. The fourth-order valence-electron chi connectivity index (χ4n) is 12.1. The Morgan fingerprint density at radius 1 is 0.156 bits per heavy atom. The van der Waals surface area contributed by atoms with Gasteiger partial charge in [0.25, 0.3) is 0 Å². The Hall–Kier alpha value is -12.6. The Kier molecular flexibility index (Phi) is 5.05. The second kappa shape index (κ2) is 21.5. The predicted molar refractivity (Wildman–Crippen MR) is 410 cm³/mol. The predicted octanol–water partition coefficient (Wildman–Crippen LogP) is 27.0. The Morgan fingerprint density at radius 2 is 0.396 bits per heavy atom. The maximum atomic E-state index is 9.96. The maximum Gasteiger partial charge on any atom is 0.136 e. The molecule has 2 heteroatoms. The first kappa shape index (κ1) is 22.6. The highest BCUT2D eigenvalue weighted by molar-refractivity contribution is 6.27. The van der Waals surface area contributed by atoms with Crippen LogP contribution in [-0.4, -0.2) is 0 Å². The van der Waals surface area contributed by atoms with Crippen LogP contribution in [0.25, 0.3) is 207 Å². The average Bonchev–Trinajstić information content (AvgIpc) is 1.08. The minimum Gasteiger partial charge on any atom is -0.456 e. The number of furan rings is 2. The SMILES string of the molecule is [2H]c1c(-c2c3c([2H])c([2H])c([2H])c([2H])c3c(-c3c([2H])c([2H])c4c([2H])c([2H])c5c([2H])c([2H])c([2H])c([2H])c5c4c3[2H])c3c([2H])c([2H])c([2H])c([2H])c23)c([2H])c2c(oc3c([2H])c([2H])c4c([2H])c([2H])c([2H])c([2H])c4c32)c1[2H].[2H]c1c([2H])c(-c2c([2H])c([2H])c3c([2H])c([2H])c4c([2H])c([2H])c([2H])c([2H])c4c3c2[2H])c([2H])c(-c2c3c([2H])c([2H])c([2H])c([2H])c3c(-c3c([2H])c([2H])c4oc5c([2H])c([2H])c6c([2H])c([2H])c([2H])c([2H])c6c5c4c3[2H])c3c([2H])c([2H])c([2H])c([2H])c23)c1[2H]. The molecule has 21 rings (SSSR count). The molecule has 0 fully saturated rings. The van der Waals surface area contributed by atoms with Gasteiger partial charge in [-0.15, -0.1) is 0 Å². The van der Waals surface area contributed by atoms with E-state index in [1.165, 1.54) is 0 Å². The molecule has 0 saturated carbocycles. The van der Waals surface area contributed by atoms with Gasteiger partial charge in [0.2, 0.25) is 0 Å². The molecule has 2 heterocycles. The van der Waals surface area contributed by atoms with Gasteiger partial charge in [-0.25, -0.2) is 0 Å². The molecule has 0 radical (unpaired) electrons. The largest absolute Gasteiger partial charge is 0.456 e. The van der Waals surface area contributed by atoms with Crippen LogP contribution in [0.15, 0.2) is 347 Å². The molecule has 21 aromatic rings. The minimum absolute atomic E-state index is 0.386. The first-order chi connectivity index (χ1) is 71.0. The topological polar surface area (TPSA) is 26.3 Å². The van der Waals surface area contributed by atoms with Crippen molar-refractivity contribution in [1.82, 2.24) is 0 Å². The minimum atomic E-state index is -1.13. The molecule has 0 unspecified atom stereocenters. The van der Waals surface area contributed by atoms with Gasteiger partial charge in [0.15, 0.2) is 0 Å². The summed E-state index contributed by atoms with van der Waals surface area (Å²) in [5, 5.41) is -14.3. The van der Waals surface area contributed by atoms with Crippen LogP contribution < -0.4 is 0 Å². The van der Waals surface area contributed by atoms with Crippen molar-refractivity contribution in [2.75, 3.05) is 0 Å². The lowest BCUT2D eigenvalue weighted by Gasteiger charge is -2.18. The quantitative estimate of drug-likeness (QED) is 0.127. The summed E-state index contributed by atoms with van der Waals surface area (Å²) in [4.78, 5) is 0. The molecular weight excluding hydrogens is 1160 g/mol. The van der Waals surface area contributed by atoms with Gasteiger partial charge in [0.1, 0.15) is 22.3 Å². The van der Waals surface area contributed by atoms with Gasteiger partial charge in [0.05, 0.1) is 76.8 Å². The number of benzene rings is 19. The van der Waals surface area contributed by atoms with Crippen LogP contribution in [0.5, 0.6) is 0 Å². The fourth-order valence-corrected chi connectivity index (χ4v) is 12.1. The normalized spacial score (nSPS) is 20.1. The van der Waals surface area contributed by atoms with Crippen molar-refractivity contribution in [2.45, 2.75) is 0 Å². The summed E-state index contributed by atoms with van der Waals surface area (Å²) in [6.45, 7) is 0. The van der Waals surface area contributed by atoms with Gasteiger partial charge >= 0.3 is 0 Å². The van der Waals surface area contributed by atoms with Crippen LogP contribution in [0, 0.1) is 0 Å². The molecule has 0 amide bonds. The van der Waals surface area contributed by atoms with E-state index < -0.39 is 540 Å². The summed E-state index contributed by atoms with van der Waals surface area (Å²) < 4.78 is 519. The lowest BCUT2D eigenvalue weighted by atomic mass is 9.85. The first-order valence-electron chi connectivity index (χ1n) is 56.6. The highest BCUT2D eigenvalue weighted by Gasteiger charge is 2.22. The lowest BCUT2D eigenvalue weighted by Crippen LogP contribution is -1.91.